The van der Waals surface area contributed by atoms with Crippen molar-refractivity contribution in [2.45, 2.75) is 39.7 Å². The lowest BCUT2D eigenvalue weighted by Crippen LogP contribution is -2.24. The monoisotopic (exact) mass is 284 g/mol. The zero-order valence-corrected chi connectivity index (χ0v) is 11.9. The first-order chi connectivity index (χ1) is 7.65. The second kappa shape index (κ2) is 7.02. The number of rotatable bonds is 6. The molecule has 90 valence electrons. The fraction of sp³-hybridized carbons (Fsp3) is 0.615. The Kier molecular flexibility index (Phi) is 5.99. The van der Waals surface area contributed by atoms with Crippen LogP contribution in [0.4, 0.5) is 0 Å². The van der Waals surface area contributed by atoms with Crippen LogP contribution in [0, 0.1) is 5.92 Å². The van der Waals surface area contributed by atoms with Crippen LogP contribution in [0.25, 0.3) is 0 Å². The van der Waals surface area contributed by atoms with E-state index in [1.54, 1.807) is 0 Å². The molecule has 0 aliphatic rings. The van der Waals surface area contributed by atoms with E-state index in [4.69, 9.17) is 0 Å². The first-order valence-corrected chi connectivity index (χ1v) is 6.78. The van der Waals surface area contributed by atoms with Crippen molar-refractivity contribution < 1.29 is 0 Å². The number of aromatic nitrogens is 1. The van der Waals surface area contributed by atoms with Gasteiger partial charge in [-0.3, -0.25) is 4.98 Å². The second-order valence-electron chi connectivity index (χ2n) is 4.51. The lowest BCUT2D eigenvalue weighted by Gasteiger charge is -2.20. The average molecular weight is 285 g/mol. The van der Waals surface area contributed by atoms with Gasteiger partial charge < -0.3 is 5.32 Å². The average Bonchev–Trinajstić information content (AvgIpc) is 2.24. The molecule has 1 aromatic heterocycles. The summed E-state index contributed by atoms with van der Waals surface area (Å²) >= 11 is 3.58. The minimum Gasteiger partial charge on any atom is -0.309 e. The normalized spacial score (nSPS) is 13.1. The Bertz CT molecular complexity index is 313. The van der Waals surface area contributed by atoms with Gasteiger partial charge in [0.2, 0.25) is 0 Å². The summed E-state index contributed by atoms with van der Waals surface area (Å²) < 4.78 is 1.10. The van der Waals surface area contributed by atoms with Gasteiger partial charge in [0.05, 0.1) is 11.7 Å². The third-order valence-electron chi connectivity index (χ3n) is 2.46. The van der Waals surface area contributed by atoms with E-state index in [-0.39, 0.29) is 0 Å². The molecular weight excluding hydrogens is 264 g/mol. The number of halogens is 1. The summed E-state index contributed by atoms with van der Waals surface area (Å²) in [6.07, 6.45) is 4.13. The number of nitrogens with zero attached hydrogens (tertiary/aromatic N) is 1. The number of hydrogen-bond donors (Lipinski definition) is 1. The Morgan fingerprint density at radius 2 is 2.19 bits per heavy atom. The van der Waals surface area contributed by atoms with Crippen molar-refractivity contribution in [3.63, 3.8) is 0 Å². The van der Waals surface area contributed by atoms with Crippen LogP contribution >= 0.6 is 15.9 Å². The van der Waals surface area contributed by atoms with Crippen molar-refractivity contribution >= 4 is 15.9 Å². The van der Waals surface area contributed by atoms with E-state index in [9.17, 15) is 0 Å². The van der Waals surface area contributed by atoms with Crippen LogP contribution in [-0.2, 0) is 0 Å². The van der Waals surface area contributed by atoms with Gasteiger partial charge in [-0.2, -0.15) is 0 Å². The van der Waals surface area contributed by atoms with Gasteiger partial charge in [0.15, 0.2) is 0 Å². The summed E-state index contributed by atoms with van der Waals surface area (Å²) in [6.45, 7) is 7.72. The lowest BCUT2D eigenvalue weighted by molar-refractivity contribution is 0.421. The van der Waals surface area contributed by atoms with Crippen LogP contribution < -0.4 is 5.32 Å². The highest BCUT2D eigenvalue weighted by Gasteiger charge is 2.16. The lowest BCUT2D eigenvalue weighted by atomic mass is 10.0. The highest BCUT2D eigenvalue weighted by Crippen LogP contribution is 2.25. The number of pyridine rings is 1. The molecule has 1 atom stereocenters. The molecule has 0 spiro atoms. The Labute approximate surface area is 107 Å². The van der Waals surface area contributed by atoms with E-state index in [0.717, 1.165) is 29.6 Å². The van der Waals surface area contributed by atoms with Crippen molar-refractivity contribution in [3.05, 3.63) is 28.5 Å². The van der Waals surface area contributed by atoms with Crippen LogP contribution in [-0.4, -0.2) is 11.5 Å². The maximum Gasteiger partial charge on any atom is 0.0714 e. The Morgan fingerprint density at radius 3 is 2.75 bits per heavy atom. The zero-order valence-electron chi connectivity index (χ0n) is 10.3. The fourth-order valence-electron chi connectivity index (χ4n) is 1.74. The van der Waals surface area contributed by atoms with Gasteiger partial charge in [0.25, 0.3) is 0 Å². The van der Waals surface area contributed by atoms with Crippen LogP contribution in [0.5, 0.6) is 0 Å². The maximum absolute atomic E-state index is 4.48. The van der Waals surface area contributed by atoms with E-state index in [0.29, 0.717) is 12.0 Å². The molecule has 1 N–H and O–H groups in total. The number of hydrogen-bond acceptors (Lipinski definition) is 2. The van der Waals surface area contributed by atoms with Gasteiger partial charge >= 0.3 is 0 Å². The van der Waals surface area contributed by atoms with E-state index in [1.165, 1.54) is 0 Å². The van der Waals surface area contributed by atoms with E-state index in [1.807, 2.05) is 12.3 Å². The standard InChI is InChI=1S/C13H21BrN2/c1-4-7-15-12(9-10(2)3)13-11(14)6-5-8-16-13/h5-6,8,10,12,15H,4,7,9H2,1-3H3. The van der Waals surface area contributed by atoms with E-state index >= 15 is 0 Å². The molecule has 0 radical (unpaired) electrons. The van der Waals surface area contributed by atoms with Crippen molar-refractivity contribution in [3.8, 4) is 0 Å². The molecule has 1 unspecified atom stereocenters. The van der Waals surface area contributed by atoms with Crippen molar-refractivity contribution in [2.24, 2.45) is 5.92 Å². The number of nitrogens with one attached hydrogen (secondary N) is 1. The smallest absolute Gasteiger partial charge is 0.0714 e. The van der Waals surface area contributed by atoms with Crippen molar-refractivity contribution in [1.82, 2.24) is 10.3 Å². The van der Waals surface area contributed by atoms with Crippen LogP contribution in [0.15, 0.2) is 22.8 Å². The predicted molar refractivity (Wildman–Crippen MR) is 72.4 cm³/mol. The third kappa shape index (κ3) is 4.22. The van der Waals surface area contributed by atoms with E-state index in [2.05, 4.69) is 53.1 Å². The summed E-state index contributed by atoms with van der Waals surface area (Å²) in [5.41, 5.74) is 1.13. The summed E-state index contributed by atoms with van der Waals surface area (Å²) in [7, 11) is 0. The molecule has 1 heterocycles. The van der Waals surface area contributed by atoms with Gasteiger partial charge in [-0.1, -0.05) is 20.8 Å². The van der Waals surface area contributed by atoms with E-state index < -0.39 is 0 Å². The summed E-state index contributed by atoms with van der Waals surface area (Å²) in [5, 5.41) is 3.57. The molecule has 0 saturated carbocycles. The molecule has 16 heavy (non-hydrogen) atoms. The molecule has 0 amide bonds. The first kappa shape index (κ1) is 13.7. The van der Waals surface area contributed by atoms with Crippen molar-refractivity contribution in [2.75, 3.05) is 6.54 Å². The van der Waals surface area contributed by atoms with Crippen LogP contribution in [0.3, 0.4) is 0 Å². The van der Waals surface area contributed by atoms with Crippen LogP contribution in [0.1, 0.15) is 45.3 Å². The van der Waals surface area contributed by atoms with Gasteiger partial charge in [0, 0.05) is 10.7 Å². The molecule has 1 aromatic rings. The molecule has 0 aliphatic carbocycles. The summed E-state index contributed by atoms with van der Waals surface area (Å²) in [4.78, 5) is 4.48. The third-order valence-corrected chi connectivity index (χ3v) is 3.14. The van der Waals surface area contributed by atoms with Gasteiger partial charge in [-0.05, 0) is 53.4 Å². The second-order valence-corrected chi connectivity index (χ2v) is 5.36. The molecular formula is C13H21BrN2. The first-order valence-electron chi connectivity index (χ1n) is 5.99. The predicted octanol–water partition coefficient (Wildman–Crippen LogP) is 3.93. The van der Waals surface area contributed by atoms with Gasteiger partial charge in [0.1, 0.15) is 0 Å². The topological polar surface area (TPSA) is 24.9 Å². The molecule has 0 bridgehead atoms. The molecule has 0 saturated heterocycles. The van der Waals surface area contributed by atoms with Gasteiger partial charge in [-0.25, -0.2) is 0 Å². The molecule has 0 aliphatic heterocycles. The highest BCUT2D eigenvalue weighted by atomic mass is 79.9. The Morgan fingerprint density at radius 1 is 1.44 bits per heavy atom. The Balaban J connectivity index is 2.78. The SMILES string of the molecule is CCCNC(CC(C)C)c1ncccc1Br. The van der Waals surface area contributed by atoms with Crippen molar-refractivity contribution in [1.29, 1.82) is 0 Å². The molecule has 0 fully saturated rings. The fourth-order valence-corrected chi connectivity index (χ4v) is 2.27. The minimum absolute atomic E-state index is 0.357. The summed E-state index contributed by atoms with van der Waals surface area (Å²) in [6, 6.07) is 4.37. The molecule has 1 rings (SSSR count). The Hall–Kier alpha value is -0.410. The highest BCUT2D eigenvalue weighted by molar-refractivity contribution is 9.10. The molecule has 0 aromatic carbocycles. The minimum atomic E-state index is 0.357. The summed E-state index contributed by atoms with van der Waals surface area (Å²) in [5.74, 6) is 0.670. The maximum atomic E-state index is 4.48. The van der Waals surface area contributed by atoms with Gasteiger partial charge in [-0.15, -0.1) is 0 Å². The molecule has 3 heteroatoms. The molecule has 2 nitrogen and oxygen atoms in total. The van der Waals surface area contributed by atoms with Crippen LogP contribution in [0.2, 0.25) is 0 Å². The quantitative estimate of drug-likeness (QED) is 0.856. The largest absolute Gasteiger partial charge is 0.309 e. The zero-order chi connectivity index (χ0) is 12.0.